The van der Waals surface area contributed by atoms with E-state index in [1.54, 1.807) is 10.5 Å². The molecule has 5 nitrogen and oxygen atoms in total. The summed E-state index contributed by atoms with van der Waals surface area (Å²) in [7, 11) is -3.74. The second-order valence-corrected chi connectivity index (χ2v) is 9.19. The van der Waals surface area contributed by atoms with E-state index in [9.17, 15) is 8.42 Å². The molecule has 2 heterocycles. The summed E-state index contributed by atoms with van der Waals surface area (Å²) in [5.41, 5.74) is 3.18. The van der Waals surface area contributed by atoms with Gasteiger partial charge < -0.3 is 0 Å². The van der Waals surface area contributed by atoms with Gasteiger partial charge in [0, 0.05) is 11.1 Å². The maximum atomic E-state index is 13.1. The van der Waals surface area contributed by atoms with Crippen LogP contribution in [0.15, 0.2) is 29.4 Å². The van der Waals surface area contributed by atoms with Crippen molar-refractivity contribution in [2.45, 2.75) is 45.6 Å². The summed E-state index contributed by atoms with van der Waals surface area (Å²) >= 11 is 1.49. The van der Waals surface area contributed by atoms with Gasteiger partial charge in [0.2, 0.25) is 0 Å². The van der Waals surface area contributed by atoms with Crippen molar-refractivity contribution in [2.75, 3.05) is 4.72 Å². The highest BCUT2D eigenvalue weighted by Gasteiger charge is 2.28. The SMILES string of the molecule is Cc1ccc(NS(=O)(=O)c2c(C(C)C)nc3sc(C)cn23)c(C)c1. The molecule has 0 bridgehead atoms. The molecule has 0 fully saturated rings. The predicted molar refractivity (Wildman–Crippen MR) is 98.6 cm³/mol. The fourth-order valence-corrected chi connectivity index (χ4v) is 5.18. The van der Waals surface area contributed by atoms with Crippen molar-refractivity contribution >= 4 is 32.0 Å². The Morgan fingerprint density at radius 2 is 1.92 bits per heavy atom. The molecule has 1 N–H and O–H groups in total. The zero-order chi connectivity index (χ0) is 17.6. The zero-order valence-electron chi connectivity index (χ0n) is 14.4. The molecule has 24 heavy (non-hydrogen) atoms. The Bertz CT molecular complexity index is 1010. The normalized spacial score (nSPS) is 12.2. The maximum Gasteiger partial charge on any atom is 0.279 e. The highest BCUT2D eigenvalue weighted by Crippen LogP contribution is 2.30. The van der Waals surface area contributed by atoms with Crippen molar-refractivity contribution in [1.82, 2.24) is 9.38 Å². The summed E-state index contributed by atoms with van der Waals surface area (Å²) in [4.78, 5) is 6.27. The Labute approximate surface area is 146 Å². The van der Waals surface area contributed by atoms with Crippen LogP contribution in [0.2, 0.25) is 0 Å². The predicted octanol–water partition coefficient (Wildman–Crippen LogP) is 4.25. The van der Waals surface area contributed by atoms with Crippen LogP contribution < -0.4 is 4.72 Å². The fraction of sp³-hybridized carbons (Fsp3) is 0.353. The number of nitrogens with zero attached hydrogens (tertiary/aromatic N) is 2. The molecule has 0 aliphatic rings. The zero-order valence-corrected chi connectivity index (χ0v) is 16.0. The van der Waals surface area contributed by atoms with Gasteiger partial charge in [-0.3, -0.25) is 9.12 Å². The smallest absolute Gasteiger partial charge is 0.279 e. The number of thiazole rings is 1. The fourth-order valence-electron chi connectivity index (χ4n) is 2.72. The largest absolute Gasteiger partial charge is 0.279 e. The van der Waals surface area contributed by atoms with Gasteiger partial charge in [0.1, 0.15) is 0 Å². The molecule has 1 aromatic carbocycles. The van der Waals surface area contributed by atoms with Crippen molar-refractivity contribution < 1.29 is 8.42 Å². The molecule has 128 valence electrons. The van der Waals surface area contributed by atoms with Crippen LogP contribution >= 0.6 is 11.3 Å². The Morgan fingerprint density at radius 3 is 2.54 bits per heavy atom. The Hall–Kier alpha value is -1.86. The first kappa shape index (κ1) is 17.0. The number of aryl methyl sites for hydroxylation is 3. The first-order valence-electron chi connectivity index (χ1n) is 7.77. The van der Waals surface area contributed by atoms with Crippen LogP contribution in [-0.2, 0) is 10.0 Å². The second kappa shape index (κ2) is 5.89. The lowest BCUT2D eigenvalue weighted by Crippen LogP contribution is -2.17. The molecule has 0 saturated heterocycles. The van der Waals surface area contributed by atoms with Crippen molar-refractivity contribution in [2.24, 2.45) is 0 Å². The van der Waals surface area contributed by atoms with Gasteiger partial charge in [0.25, 0.3) is 10.0 Å². The number of anilines is 1. The van der Waals surface area contributed by atoms with E-state index >= 15 is 0 Å². The van der Waals surface area contributed by atoms with E-state index in [2.05, 4.69) is 9.71 Å². The van der Waals surface area contributed by atoms with Crippen molar-refractivity contribution in [3.63, 3.8) is 0 Å². The molecule has 0 spiro atoms. The number of aromatic nitrogens is 2. The second-order valence-electron chi connectivity index (χ2n) is 6.38. The molecule has 0 saturated carbocycles. The Balaban J connectivity index is 2.15. The topological polar surface area (TPSA) is 63.5 Å². The van der Waals surface area contributed by atoms with Gasteiger partial charge in [-0.05, 0) is 38.3 Å². The molecular formula is C17H21N3O2S2. The van der Waals surface area contributed by atoms with Crippen molar-refractivity contribution in [1.29, 1.82) is 0 Å². The van der Waals surface area contributed by atoms with Crippen LogP contribution in [0.1, 0.15) is 41.5 Å². The highest BCUT2D eigenvalue weighted by atomic mass is 32.2. The first-order valence-corrected chi connectivity index (χ1v) is 10.1. The van der Waals surface area contributed by atoms with E-state index in [4.69, 9.17) is 0 Å². The number of benzene rings is 1. The number of hydrogen-bond acceptors (Lipinski definition) is 4. The van der Waals surface area contributed by atoms with Crippen molar-refractivity contribution in [3.8, 4) is 0 Å². The van der Waals surface area contributed by atoms with E-state index in [-0.39, 0.29) is 10.9 Å². The number of rotatable bonds is 4. The molecular weight excluding hydrogens is 342 g/mol. The maximum absolute atomic E-state index is 13.1. The van der Waals surface area contributed by atoms with E-state index < -0.39 is 10.0 Å². The van der Waals surface area contributed by atoms with Gasteiger partial charge in [-0.1, -0.05) is 31.5 Å². The monoisotopic (exact) mass is 363 g/mol. The minimum atomic E-state index is -3.74. The quantitative estimate of drug-likeness (QED) is 0.754. The van der Waals surface area contributed by atoms with E-state index in [0.29, 0.717) is 16.3 Å². The van der Waals surface area contributed by atoms with Crippen LogP contribution in [-0.4, -0.2) is 17.8 Å². The number of sulfonamides is 1. The van der Waals surface area contributed by atoms with Gasteiger partial charge in [-0.25, -0.2) is 4.98 Å². The first-order chi connectivity index (χ1) is 11.2. The van der Waals surface area contributed by atoms with Crippen LogP contribution in [0.4, 0.5) is 5.69 Å². The summed E-state index contributed by atoms with van der Waals surface area (Å²) < 4.78 is 30.6. The molecule has 3 aromatic rings. The number of fused-ring (bicyclic) bond motifs is 1. The lowest BCUT2D eigenvalue weighted by atomic mass is 10.1. The van der Waals surface area contributed by atoms with Crippen molar-refractivity contribution in [3.05, 3.63) is 46.1 Å². The summed E-state index contributed by atoms with van der Waals surface area (Å²) in [5.74, 6) is 0.0168. The molecule has 0 aliphatic carbocycles. The third-order valence-corrected chi connectivity index (χ3v) is 6.15. The molecule has 0 aliphatic heterocycles. The molecule has 3 rings (SSSR count). The van der Waals surface area contributed by atoms with Gasteiger partial charge >= 0.3 is 0 Å². The Kier molecular flexibility index (Phi) is 4.17. The molecule has 0 unspecified atom stereocenters. The number of hydrogen-bond donors (Lipinski definition) is 1. The van der Waals surface area contributed by atoms with E-state index in [0.717, 1.165) is 16.0 Å². The minimum absolute atomic E-state index is 0.0168. The summed E-state index contributed by atoms with van der Waals surface area (Å²) in [6, 6.07) is 5.66. The van der Waals surface area contributed by atoms with Gasteiger partial charge in [-0.2, -0.15) is 8.42 Å². The van der Waals surface area contributed by atoms with Crippen LogP contribution in [0.5, 0.6) is 0 Å². The average molecular weight is 364 g/mol. The van der Waals surface area contributed by atoms with Crippen LogP contribution in [0.3, 0.4) is 0 Å². The molecule has 2 aromatic heterocycles. The summed E-state index contributed by atoms with van der Waals surface area (Å²) in [5, 5.41) is 0.233. The molecule has 7 heteroatoms. The third-order valence-electron chi connectivity index (χ3n) is 3.85. The van der Waals surface area contributed by atoms with E-state index in [1.165, 1.54) is 11.3 Å². The van der Waals surface area contributed by atoms with Crippen LogP contribution in [0, 0.1) is 20.8 Å². The molecule has 0 amide bonds. The standard InChI is InChI=1S/C17H21N3O2S2/c1-10(2)15-16(20-9-13(5)23-17(20)18-15)24(21,22)19-14-7-6-11(3)8-12(14)4/h6-10,19H,1-5H3. The molecule has 0 atom stereocenters. The van der Waals surface area contributed by atoms with Crippen LogP contribution in [0.25, 0.3) is 4.96 Å². The van der Waals surface area contributed by atoms with Gasteiger partial charge in [0.15, 0.2) is 9.99 Å². The van der Waals surface area contributed by atoms with E-state index in [1.807, 2.05) is 52.9 Å². The highest BCUT2D eigenvalue weighted by molar-refractivity contribution is 7.92. The van der Waals surface area contributed by atoms with Gasteiger partial charge in [0.05, 0.1) is 11.4 Å². The summed E-state index contributed by atoms with van der Waals surface area (Å²) in [6.07, 6.45) is 1.83. The third kappa shape index (κ3) is 2.93. The minimum Gasteiger partial charge on any atom is -0.279 e. The number of nitrogens with one attached hydrogen (secondary N) is 1. The number of imidazole rings is 1. The molecule has 0 radical (unpaired) electrons. The lowest BCUT2D eigenvalue weighted by Gasteiger charge is -2.13. The average Bonchev–Trinajstić information content (AvgIpc) is 2.97. The van der Waals surface area contributed by atoms with Gasteiger partial charge in [-0.15, -0.1) is 11.3 Å². The Morgan fingerprint density at radius 1 is 1.21 bits per heavy atom. The lowest BCUT2D eigenvalue weighted by molar-refractivity contribution is 0.593. The summed E-state index contributed by atoms with van der Waals surface area (Å²) in [6.45, 7) is 9.74.